The number of nitrogens with zero attached hydrogens (tertiary/aromatic N) is 2. The predicted octanol–water partition coefficient (Wildman–Crippen LogP) is 2.67. The number of aromatic nitrogens is 1. The van der Waals surface area contributed by atoms with Crippen LogP contribution in [0.2, 0.25) is 0 Å². The second kappa shape index (κ2) is 7.28. The highest BCUT2D eigenvalue weighted by atomic mass is 15.1. The molecule has 0 aromatic carbocycles. The maximum absolute atomic E-state index is 4.36. The summed E-state index contributed by atoms with van der Waals surface area (Å²) in [6.07, 6.45) is 3.13. The van der Waals surface area contributed by atoms with E-state index in [1.165, 1.54) is 12.1 Å². The molecule has 0 fully saturated rings. The molecule has 1 N–H and O–H groups in total. The van der Waals surface area contributed by atoms with Gasteiger partial charge in [0.25, 0.3) is 0 Å². The monoisotopic (exact) mass is 235 g/mol. The Balaban J connectivity index is 2.76. The van der Waals surface area contributed by atoms with Crippen LogP contribution in [0.4, 0.5) is 5.69 Å². The summed E-state index contributed by atoms with van der Waals surface area (Å²) in [5, 5.41) is 3.14. The van der Waals surface area contributed by atoms with Crippen molar-refractivity contribution < 1.29 is 0 Å². The van der Waals surface area contributed by atoms with Crippen LogP contribution in [0.25, 0.3) is 0 Å². The van der Waals surface area contributed by atoms with Crippen LogP contribution in [0.5, 0.6) is 0 Å². The Kier molecular flexibility index (Phi) is 5.98. The summed E-state index contributed by atoms with van der Waals surface area (Å²) in [6.45, 7) is 9.76. The van der Waals surface area contributed by atoms with Gasteiger partial charge in [-0.3, -0.25) is 4.98 Å². The molecule has 0 saturated carbocycles. The number of pyridine rings is 1. The third-order valence-electron chi connectivity index (χ3n) is 3.13. The van der Waals surface area contributed by atoms with Crippen LogP contribution in [0.15, 0.2) is 18.3 Å². The zero-order chi connectivity index (χ0) is 12.7. The molecule has 0 bridgehead atoms. The zero-order valence-electron chi connectivity index (χ0n) is 11.5. The van der Waals surface area contributed by atoms with E-state index in [0.29, 0.717) is 0 Å². The van der Waals surface area contributed by atoms with Gasteiger partial charge in [-0.15, -0.1) is 0 Å². The lowest BCUT2D eigenvalue weighted by Crippen LogP contribution is -2.28. The third kappa shape index (κ3) is 4.35. The molecule has 1 rings (SSSR count). The molecule has 0 aliphatic heterocycles. The van der Waals surface area contributed by atoms with Crippen molar-refractivity contribution in [3.05, 3.63) is 24.0 Å². The zero-order valence-corrected chi connectivity index (χ0v) is 11.5. The van der Waals surface area contributed by atoms with Gasteiger partial charge in [-0.2, -0.15) is 0 Å². The minimum Gasteiger partial charge on any atom is -0.371 e. The topological polar surface area (TPSA) is 28.2 Å². The molecular weight excluding hydrogens is 210 g/mol. The lowest BCUT2D eigenvalue weighted by Gasteiger charge is -2.26. The lowest BCUT2D eigenvalue weighted by atomic mass is 10.1. The summed E-state index contributed by atoms with van der Waals surface area (Å²) in [5.74, 6) is 0.732. The van der Waals surface area contributed by atoms with Crippen LogP contribution in [-0.2, 0) is 6.54 Å². The first-order valence-corrected chi connectivity index (χ1v) is 6.55. The fourth-order valence-electron chi connectivity index (χ4n) is 1.86. The van der Waals surface area contributed by atoms with Gasteiger partial charge in [0.2, 0.25) is 0 Å². The molecular formula is C14H25N3. The van der Waals surface area contributed by atoms with Crippen LogP contribution >= 0.6 is 0 Å². The lowest BCUT2D eigenvalue weighted by molar-refractivity contribution is 0.548. The van der Waals surface area contributed by atoms with E-state index in [0.717, 1.165) is 31.2 Å². The molecule has 1 heterocycles. The van der Waals surface area contributed by atoms with E-state index in [-0.39, 0.29) is 0 Å². The van der Waals surface area contributed by atoms with Gasteiger partial charge in [-0.05, 0) is 32.0 Å². The molecule has 96 valence electrons. The highest BCUT2D eigenvalue weighted by molar-refractivity contribution is 5.46. The van der Waals surface area contributed by atoms with Crippen LogP contribution in [0.3, 0.4) is 0 Å². The first kappa shape index (κ1) is 14.0. The second-order valence-electron chi connectivity index (χ2n) is 4.59. The van der Waals surface area contributed by atoms with E-state index >= 15 is 0 Å². The minimum atomic E-state index is 0.732. The molecule has 3 heteroatoms. The Morgan fingerprint density at radius 2 is 2.18 bits per heavy atom. The molecule has 3 nitrogen and oxygen atoms in total. The number of hydrogen-bond acceptors (Lipinski definition) is 3. The molecule has 0 aliphatic carbocycles. The standard InChI is InChI=1S/C14H25N3/c1-5-12(3)11-17(6-2)14-7-8-16-13(9-14)10-15-4/h7-9,12,15H,5-6,10-11H2,1-4H3. The Labute approximate surface area is 105 Å². The van der Waals surface area contributed by atoms with Crippen molar-refractivity contribution in [2.45, 2.75) is 33.7 Å². The molecule has 17 heavy (non-hydrogen) atoms. The van der Waals surface area contributed by atoms with E-state index in [2.05, 4.69) is 48.1 Å². The van der Waals surface area contributed by atoms with Crippen molar-refractivity contribution in [1.29, 1.82) is 0 Å². The molecule has 0 radical (unpaired) electrons. The first-order valence-electron chi connectivity index (χ1n) is 6.55. The molecule has 1 aromatic heterocycles. The van der Waals surface area contributed by atoms with Gasteiger partial charge in [0, 0.05) is 31.5 Å². The molecule has 0 amide bonds. The van der Waals surface area contributed by atoms with Crippen LogP contribution in [-0.4, -0.2) is 25.1 Å². The van der Waals surface area contributed by atoms with Crippen LogP contribution < -0.4 is 10.2 Å². The van der Waals surface area contributed by atoms with E-state index in [1.807, 2.05) is 13.2 Å². The van der Waals surface area contributed by atoms with Crippen molar-refractivity contribution in [3.8, 4) is 0 Å². The van der Waals surface area contributed by atoms with Gasteiger partial charge < -0.3 is 10.2 Å². The van der Waals surface area contributed by atoms with Gasteiger partial charge in [-0.1, -0.05) is 20.3 Å². The summed E-state index contributed by atoms with van der Waals surface area (Å²) >= 11 is 0. The highest BCUT2D eigenvalue weighted by Gasteiger charge is 2.08. The van der Waals surface area contributed by atoms with E-state index in [1.54, 1.807) is 0 Å². The smallest absolute Gasteiger partial charge is 0.0562 e. The van der Waals surface area contributed by atoms with Crippen molar-refractivity contribution in [2.75, 3.05) is 25.0 Å². The maximum Gasteiger partial charge on any atom is 0.0562 e. The van der Waals surface area contributed by atoms with Crippen molar-refractivity contribution in [3.63, 3.8) is 0 Å². The van der Waals surface area contributed by atoms with Crippen molar-refractivity contribution in [2.24, 2.45) is 5.92 Å². The number of hydrogen-bond donors (Lipinski definition) is 1. The summed E-state index contributed by atoms with van der Waals surface area (Å²) in [5.41, 5.74) is 2.39. The molecule has 0 spiro atoms. The van der Waals surface area contributed by atoms with Gasteiger partial charge in [0.05, 0.1) is 5.69 Å². The molecule has 0 aliphatic rings. The summed E-state index contributed by atoms with van der Waals surface area (Å²) in [4.78, 5) is 6.78. The number of nitrogens with one attached hydrogen (secondary N) is 1. The fourth-order valence-corrected chi connectivity index (χ4v) is 1.86. The summed E-state index contributed by atoms with van der Waals surface area (Å²) < 4.78 is 0. The Hall–Kier alpha value is -1.09. The SMILES string of the molecule is CCC(C)CN(CC)c1ccnc(CNC)c1. The molecule has 1 atom stereocenters. The van der Waals surface area contributed by atoms with Crippen molar-refractivity contribution in [1.82, 2.24) is 10.3 Å². The molecule has 1 unspecified atom stereocenters. The first-order chi connectivity index (χ1) is 8.21. The van der Waals surface area contributed by atoms with Gasteiger partial charge >= 0.3 is 0 Å². The highest BCUT2D eigenvalue weighted by Crippen LogP contribution is 2.17. The normalized spacial score (nSPS) is 12.5. The quantitative estimate of drug-likeness (QED) is 0.787. The molecule has 0 saturated heterocycles. The maximum atomic E-state index is 4.36. The van der Waals surface area contributed by atoms with Gasteiger partial charge in [0.15, 0.2) is 0 Å². The van der Waals surface area contributed by atoms with E-state index in [9.17, 15) is 0 Å². The number of rotatable bonds is 7. The van der Waals surface area contributed by atoms with Gasteiger partial charge in [0.1, 0.15) is 0 Å². The largest absolute Gasteiger partial charge is 0.371 e. The second-order valence-corrected chi connectivity index (χ2v) is 4.59. The summed E-state index contributed by atoms with van der Waals surface area (Å²) in [6, 6.07) is 4.29. The third-order valence-corrected chi connectivity index (χ3v) is 3.13. The average Bonchev–Trinajstić information content (AvgIpc) is 2.36. The van der Waals surface area contributed by atoms with Crippen molar-refractivity contribution >= 4 is 5.69 Å². The fraction of sp³-hybridized carbons (Fsp3) is 0.643. The van der Waals surface area contributed by atoms with E-state index < -0.39 is 0 Å². The minimum absolute atomic E-state index is 0.732. The Morgan fingerprint density at radius 3 is 2.76 bits per heavy atom. The molecule has 1 aromatic rings. The summed E-state index contributed by atoms with van der Waals surface area (Å²) in [7, 11) is 1.95. The van der Waals surface area contributed by atoms with Crippen LogP contribution in [0.1, 0.15) is 32.9 Å². The van der Waals surface area contributed by atoms with Gasteiger partial charge in [-0.25, -0.2) is 0 Å². The Bertz CT molecular complexity index is 325. The number of anilines is 1. The average molecular weight is 235 g/mol. The van der Waals surface area contributed by atoms with Crippen LogP contribution in [0, 0.1) is 5.92 Å². The van der Waals surface area contributed by atoms with E-state index in [4.69, 9.17) is 0 Å². The Morgan fingerprint density at radius 1 is 1.41 bits per heavy atom. The predicted molar refractivity (Wildman–Crippen MR) is 74.3 cm³/mol.